The van der Waals surface area contributed by atoms with E-state index in [0.717, 1.165) is 24.9 Å². The van der Waals surface area contributed by atoms with E-state index in [9.17, 15) is 9.59 Å². The Morgan fingerprint density at radius 1 is 1.24 bits per heavy atom. The highest BCUT2D eigenvalue weighted by atomic mass is 16.6. The fraction of sp³-hybridized carbons (Fsp3) is 0.600. The molecule has 5 rings (SSSR count). The Bertz CT molecular complexity index is 842. The van der Waals surface area contributed by atoms with Crippen LogP contribution in [0, 0.1) is 0 Å². The molecular formula is C20H29NO8. The molecule has 9 heteroatoms. The molecule has 6 N–H and O–H groups in total. The van der Waals surface area contributed by atoms with Gasteiger partial charge < -0.3 is 30.6 Å². The molecule has 4 atom stereocenters. The fourth-order valence-corrected chi connectivity index (χ4v) is 6.12. The normalized spacial score (nSPS) is 33.1. The van der Waals surface area contributed by atoms with Gasteiger partial charge in [0.25, 0.3) is 0 Å². The Hall–Kier alpha value is -2.20. The van der Waals surface area contributed by atoms with Crippen molar-refractivity contribution in [3.05, 3.63) is 23.3 Å². The number of hydrogen-bond donors (Lipinski definition) is 0. The van der Waals surface area contributed by atoms with Crippen molar-refractivity contribution in [2.24, 2.45) is 0 Å². The van der Waals surface area contributed by atoms with E-state index >= 15 is 0 Å². The van der Waals surface area contributed by atoms with Crippen LogP contribution in [0.2, 0.25) is 0 Å². The third-order valence-corrected chi connectivity index (χ3v) is 7.02. The Labute approximate surface area is 168 Å². The monoisotopic (exact) mass is 411 g/mol. The van der Waals surface area contributed by atoms with Gasteiger partial charge in [-0.05, 0) is 44.5 Å². The molecule has 9 nitrogen and oxygen atoms in total. The number of ether oxygens (including phenoxy) is 3. The molecule has 2 heterocycles. The summed E-state index contributed by atoms with van der Waals surface area (Å²) in [5.41, 5.74) is 0.885. The first-order valence-corrected chi connectivity index (χ1v) is 9.24. The van der Waals surface area contributed by atoms with Crippen molar-refractivity contribution in [2.45, 2.75) is 55.8 Å². The van der Waals surface area contributed by atoms with Gasteiger partial charge in [-0.1, -0.05) is 6.07 Å². The number of likely N-dealkylation sites (tertiary alicyclic amines) is 1. The largest absolute Gasteiger partial charge is 0.493 e. The number of carbonyl (C=O) groups is 2. The minimum Gasteiger partial charge on any atom is -0.493 e. The predicted molar refractivity (Wildman–Crippen MR) is 103 cm³/mol. The third kappa shape index (κ3) is 2.48. The first-order chi connectivity index (χ1) is 12.4. The number of piperidine rings is 1. The van der Waals surface area contributed by atoms with Crippen molar-refractivity contribution in [1.29, 1.82) is 0 Å². The van der Waals surface area contributed by atoms with Gasteiger partial charge in [-0.15, -0.1) is 0 Å². The summed E-state index contributed by atoms with van der Waals surface area (Å²) in [4.78, 5) is 27.3. The highest BCUT2D eigenvalue weighted by Crippen LogP contribution is 2.65. The highest BCUT2D eigenvalue weighted by Gasteiger charge is 2.75. The van der Waals surface area contributed by atoms with Crippen LogP contribution in [0.25, 0.3) is 0 Å². The van der Waals surface area contributed by atoms with Crippen LogP contribution in [0.1, 0.15) is 37.3 Å². The molecule has 162 valence electrons. The first kappa shape index (κ1) is 23.1. The molecule has 2 aliphatic carbocycles. The number of rotatable bonds is 2. The average molecular weight is 411 g/mol. The molecule has 1 aromatic carbocycles. The van der Waals surface area contributed by atoms with Crippen LogP contribution in [-0.2, 0) is 26.2 Å². The minimum atomic E-state index is -0.727. The number of carbonyl (C=O) groups excluding carboxylic acids is 2. The maximum Gasteiger partial charge on any atom is 0.303 e. The zero-order chi connectivity index (χ0) is 18.3. The van der Waals surface area contributed by atoms with Gasteiger partial charge in [-0.3, -0.25) is 14.5 Å². The van der Waals surface area contributed by atoms with E-state index in [2.05, 4.69) is 18.0 Å². The second-order valence-electron chi connectivity index (χ2n) is 8.00. The molecular weight excluding hydrogens is 382 g/mol. The number of Topliss-reactive ketones (excluding diaryl/α,β-unsaturated/α-hetero) is 1. The molecule has 0 radical (unpaired) electrons. The molecule has 0 amide bonds. The molecule has 1 saturated carbocycles. The van der Waals surface area contributed by atoms with E-state index in [1.807, 2.05) is 6.07 Å². The number of methoxy groups -OCH3 is 1. The maximum absolute atomic E-state index is 12.9. The molecule has 2 aliphatic heterocycles. The minimum absolute atomic E-state index is 0. The van der Waals surface area contributed by atoms with Crippen molar-refractivity contribution in [2.75, 3.05) is 20.7 Å². The summed E-state index contributed by atoms with van der Waals surface area (Å²) < 4.78 is 17.9. The summed E-state index contributed by atoms with van der Waals surface area (Å²) in [7, 11) is 3.70. The van der Waals surface area contributed by atoms with Crippen LogP contribution in [-0.4, -0.2) is 71.5 Å². The van der Waals surface area contributed by atoms with E-state index in [1.54, 1.807) is 7.11 Å². The molecule has 2 fully saturated rings. The SMILES string of the molecule is COc1ccc2c3c1O[C@H]1C(=O)CC[C@@]4(OC(C)=O)[C@@H](C2)N(C)CC[C@]314.O.O.O. The molecule has 0 aromatic heterocycles. The van der Waals surface area contributed by atoms with Crippen LogP contribution in [0.15, 0.2) is 12.1 Å². The third-order valence-electron chi connectivity index (χ3n) is 7.02. The van der Waals surface area contributed by atoms with Gasteiger partial charge in [-0.2, -0.15) is 0 Å². The summed E-state index contributed by atoms with van der Waals surface area (Å²) in [6, 6.07) is 4.04. The number of nitrogens with zero attached hydrogens (tertiary/aromatic N) is 1. The van der Waals surface area contributed by atoms with Crippen LogP contribution >= 0.6 is 0 Å². The van der Waals surface area contributed by atoms with E-state index in [0.29, 0.717) is 24.3 Å². The lowest BCUT2D eigenvalue weighted by molar-refractivity contribution is -0.211. The highest BCUT2D eigenvalue weighted by molar-refractivity contribution is 5.90. The molecule has 1 aromatic rings. The Balaban J connectivity index is 0.000001000. The summed E-state index contributed by atoms with van der Waals surface area (Å²) >= 11 is 0. The fourth-order valence-electron chi connectivity index (χ4n) is 6.12. The predicted octanol–water partition coefficient (Wildman–Crippen LogP) is -0.855. The average Bonchev–Trinajstić information content (AvgIpc) is 2.96. The summed E-state index contributed by atoms with van der Waals surface area (Å²) in [5.74, 6) is 1.12. The van der Waals surface area contributed by atoms with Crippen LogP contribution < -0.4 is 9.47 Å². The Morgan fingerprint density at radius 2 is 1.97 bits per heavy atom. The van der Waals surface area contributed by atoms with Gasteiger partial charge in [-0.25, -0.2) is 0 Å². The van der Waals surface area contributed by atoms with Crippen molar-refractivity contribution in [3.8, 4) is 11.5 Å². The van der Waals surface area contributed by atoms with Crippen LogP contribution in [0.5, 0.6) is 11.5 Å². The van der Waals surface area contributed by atoms with Gasteiger partial charge in [0.05, 0.1) is 18.6 Å². The molecule has 1 saturated heterocycles. The second-order valence-corrected chi connectivity index (χ2v) is 8.00. The van der Waals surface area contributed by atoms with Crippen LogP contribution in [0.4, 0.5) is 0 Å². The van der Waals surface area contributed by atoms with Gasteiger partial charge in [0.2, 0.25) is 0 Å². The van der Waals surface area contributed by atoms with Gasteiger partial charge >= 0.3 is 5.97 Å². The molecule has 2 bridgehead atoms. The summed E-state index contributed by atoms with van der Waals surface area (Å²) in [6.07, 6.45) is 1.84. The lowest BCUT2D eigenvalue weighted by Crippen LogP contribution is -2.77. The van der Waals surface area contributed by atoms with Crippen LogP contribution in [0.3, 0.4) is 0 Å². The standard InChI is InChI=1S/C20H23NO5.3H2O/c1-11(22)26-20-7-6-13(23)18-19(20)8-9-21(2)15(20)10-12-4-5-14(24-3)17(25-18)16(12)19;;;/h4-5,15,18H,6-10H2,1-3H3;3*1H2/t15-,18+,19+,20-;;;/m1.../s1. The molecule has 4 aliphatic rings. The zero-order valence-electron chi connectivity index (χ0n) is 16.8. The number of benzene rings is 1. The van der Waals surface area contributed by atoms with Crippen molar-refractivity contribution < 1.29 is 40.2 Å². The van der Waals surface area contributed by atoms with Gasteiger partial charge in [0, 0.05) is 18.9 Å². The number of ketones is 1. The summed E-state index contributed by atoms with van der Waals surface area (Å²) in [6.45, 7) is 2.31. The Morgan fingerprint density at radius 3 is 2.62 bits per heavy atom. The van der Waals surface area contributed by atoms with Gasteiger partial charge in [0.15, 0.2) is 23.4 Å². The Kier molecular flexibility index (Phi) is 5.77. The number of esters is 1. The molecule has 1 spiro atoms. The van der Waals surface area contributed by atoms with Crippen molar-refractivity contribution >= 4 is 11.8 Å². The van der Waals surface area contributed by atoms with E-state index < -0.39 is 17.1 Å². The smallest absolute Gasteiger partial charge is 0.303 e. The quantitative estimate of drug-likeness (QED) is 0.576. The zero-order valence-corrected chi connectivity index (χ0v) is 16.8. The maximum atomic E-state index is 12.9. The van der Waals surface area contributed by atoms with E-state index in [-0.39, 0.29) is 34.2 Å². The van der Waals surface area contributed by atoms with E-state index in [1.165, 1.54) is 12.5 Å². The molecule has 0 unspecified atom stereocenters. The van der Waals surface area contributed by atoms with Crippen molar-refractivity contribution in [3.63, 3.8) is 0 Å². The number of hydrogen-bond acceptors (Lipinski definition) is 6. The second kappa shape index (κ2) is 7.24. The van der Waals surface area contributed by atoms with E-state index in [4.69, 9.17) is 14.2 Å². The lowest BCUT2D eigenvalue weighted by Gasteiger charge is -2.63. The summed E-state index contributed by atoms with van der Waals surface area (Å²) in [5, 5.41) is 0. The first-order valence-electron chi connectivity index (χ1n) is 9.24. The topological polar surface area (TPSA) is 160 Å². The van der Waals surface area contributed by atoms with Crippen molar-refractivity contribution in [1.82, 2.24) is 4.90 Å². The molecule has 29 heavy (non-hydrogen) atoms. The lowest BCUT2D eigenvalue weighted by atomic mass is 9.49. The number of likely N-dealkylation sites (N-methyl/N-ethyl adjacent to an activating group) is 1. The van der Waals surface area contributed by atoms with Gasteiger partial charge in [0.1, 0.15) is 5.60 Å².